The second-order valence-corrected chi connectivity index (χ2v) is 7.31. The van der Waals surface area contributed by atoms with E-state index < -0.39 is 12.1 Å². The maximum absolute atomic E-state index is 12.1. The monoisotopic (exact) mass is 318 g/mol. The zero-order valence-corrected chi connectivity index (χ0v) is 13.1. The van der Waals surface area contributed by atoms with Gasteiger partial charge < -0.3 is 11.5 Å². The van der Waals surface area contributed by atoms with E-state index in [-0.39, 0.29) is 11.8 Å². The molecule has 20 heavy (non-hydrogen) atoms. The van der Waals surface area contributed by atoms with E-state index in [2.05, 4.69) is 0 Å². The predicted octanol–water partition coefficient (Wildman–Crippen LogP) is 0.877. The zero-order valence-electron chi connectivity index (χ0n) is 11.5. The van der Waals surface area contributed by atoms with Gasteiger partial charge in [0.15, 0.2) is 0 Å². The summed E-state index contributed by atoms with van der Waals surface area (Å²) in [5.74, 6) is -0.0712. The van der Waals surface area contributed by atoms with E-state index in [0.29, 0.717) is 13.1 Å². The highest BCUT2D eigenvalue weighted by Crippen LogP contribution is 2.33. The first-order chi connectivity index (χ1) is 9.59. The van der Waals surface area contributed by atoms with Crippen LogP contribution in [0.5, 0.6) is 0 Å². The fraction of sp³-hybridized carbons (Fsp3) is 0.833. The normalized spacial score (nSPS) is 29.3. The van der Waals surface area contributed by atoms with Gasteiger partial charge in [0.2, 0.25) is 11.8 Å². The van der Waals surface area contributed by atoms with Crippen LogP contribution in [0.15, 0.2) is 0 Å². The molecule has 8 heteroatoms. The SMILES string of the molecule is NC1CCCCN(SSN2CCCCC(N)C2=O)C1=O. The Bertz CT molecular complexity index is 335. The van der Waals surface area contributed by atoms with E-state index in [4.69, 9.17) is 11.5 Å². The number of hydrogen-bond donors (Lipinski definition) is 2. The molecule has 0 aromatic rings. The second kappa shape index (κ2) is 7.53. The van der Waals surface area contributed by atoms with Gasteiger partial charge in [-0.15, -0.1) is 0 Å². The topological polar surface area (TPSA) is 92.7 Å². The predicted molar refractivity (Wildman–Crippen MR) is 82.3 cm³/mol. The third-order valence-electron chi connectivity index (χ3n) is 3.59. The summed E-state index contributed by atoms with van der Waals surface area (Å²) in [5, 5.41) is 0. The van der Waals surface area contributed by atoms with Crippen LogP contribution in [0, 0.1) is 0 Å². The van der Waals surface area contributed by atoms with E-state index >= 15 is 0 Å². The van der Waals surface area contributed by atoms with Crippen LogP contribution in [-0.4, -0.2) is 45.6 Å². The van der Waals surface area contributed by atoms with E-state index in [9.17, 15) is 9.59 Å². The molecule has 2 unspecified atom stereocenters. The number of nitrogens with two attached hydrogens (primary N) is 2. The zero-order chi connectivity index (χ0) is 14.5. The van der Waals surface area contributed by atoms with Crippen LogP contribution in [0.1, 0.15) is 38.5 Å². The average Bonchev–Trinajstić information content (AvgIpc) is 2.69. The van der Waals surface area contributed by atoms with Crippen molar-refractivity contribution in [2.75, 3.05) is 13.1 Å². The van der Waals surface area contributed by atoms with Crippen LogP contribution < -0.4 is 11.5 Å². The molecule has 2 saturated heterocycles. The molecule has 0 aromatic carbocycles. The molecule has 0 bridgehead atoms. The number of carbonyl (C=O) groups is 2. The van der Waals surface area contributed by atoms with Gasteiger partial charge in [-0.25, -0.2) is 0 Å². The molecule has 4 N–H and O–H groups in total. The average molecular weight is 318 g/mol. The van der Waals surface area contributed by atoms with Crippen LogP contribution in [0.3, 0.4) is 0 Å². The largest absolute Gasteiger partial charge is 0.320 e. The first-order valence-electron chi connectivity index (χ1n) is 7.08. The lowest BCUT2D eigenvalue weighted by atomic mass is 10.1. The molecule has 0 radical (unpaired) electrons. The number of rotatable bonds is 3. The van der Waals surface area contributed by atoms with Gasteiger partial charge in [-0.1, -0.05) is 0 Å². The van der Waals surface area contributed by atoms with Crippen molar-refractivity contribution in [2.45, 2.75) is 50.6 Å². The highest BCUT2D eigenvalue weighted by molar-refractivity contribution is 8.75. The molecule has 0 spiro atoms. The number of amides is 2. The Morgan fingerprint density at radius 1 is 0.800 bits per heavy atom. The van der Waals surface area contributed by atoms with E-state index in [0.717, 1.165) is 38.5 Å². The van der Waals surface area contributed by atoms with Crippen molar-refractivity contribution in [3.05, 3.63) is 0 Å². The summed E-state index contributed by atoms with van der Waals surface area (Å²) in [6.45, 7) is 1.39. The van der Waals surface area contributed by atoms with Crippen molar-refractivity contribution in [3.8, 4) is 0 Å². The van der Waals surface area contributed by atoms with Crippen LogP contribution in [0.4, 0.5) is 0 Å². The summed E-state index contributed by atoms with van der Waals surface area (Å²) in [6, 6.07) is -0.819. The van der Waals surface area contributed by atoms with E-state index in [1.54, 1.807) is 8.61 Å². The molecule has 0 aromatic heterocycles. The third kappa shape index (κ3) is 4.03. The Hall–Kier alpha value is -0.440. The summed E-state index contributed by atoms with van der Waals surface area (Å²) in [7, 11) is 2.63. The molecule has 6 nitrogen and oxygen atoms in total. The molecule has 2 fully saturated rings. The lowest BCUT2D eigenvalue weighted by Crippen LogP contribution is -2.40. The minimum absolute atomic E-state index is 0.0356. The van der Waals surface area contributed by atoms with Gasteiger partial charge in [-0.3, -0.25) is 18.2 Å². The first kappa shape index (κ1) is 15.9. The van der Waals surface area contributed by atoms with E-state index in [1.165, 1.54) is 22.0 Å². The molecule has 114 valence electrons. The van der Waals surface area contributed by atoms with Gasteiger partial charge in [0.25, 0.3) is 0 Å². The molecule has 0 aliphatic carbocycles. The van der Waals surface area contributed by atoms with Gasteiger partial charge >= 0.3 is 0 Å². The Morgan fingerprint density at radius 3 is 1.60 bits per heavy atom. The van der Waals surface area contributed by atoms with Crippen LogP contribution in [-0.2, 0) is 9.59 Å². The van der Waals surface area contributed by atoms with Gasteiger partial charge in [0, 0.05) is 35.0 Å². The molecule has 0 saturated carbocycles. The maximum Gasteiger partial charge on any atom is 0.250 e. The second-order valence-electron chi connectivity index (χ2n) is 5.23. The Morgan fingerprint density at radius 2 is 1.20 bits per heavy atom. The number of nitrogens with zero attached hydrogens (tertiary/aromatic N) is 2. The number of carbonyl (C=O) groups excluding carboxylic acids is 2. The smallest absolute Gasteiger partial charge is 0.250 e. The standard InChI is InChI=1S/C12H22N4O2S2/c13-9-5-1-3-7-15(11(9)17)19-20-16-8-4-2-6-10(14)12(16)18/h9-10H,1-8,13-14H2. The summed E-state index contributed by atoms with van der Waals surface area (Å²) >= 11 is 0. The lowest BCUT2D eigenvalue weighted by molar-refractivity contribution is -0.127. The molecule has 2 amide bonds. The highest BCUT2D eigenvalue weighted by atomic mass is 33.1. The summed E-state index contributed by atoms with van der Waals surface area (Å²) in [6.07, 6.45) is 5.35. The molecule has 2 heterocycles. The Balaban J connectivity index is 1.89. The summed E-state index contributed by atoms with van der Waals surface area (Å²) in [5.41, 5.74) is 11.7. The van der Waals surface area contributed by atoms with Crippen LogP contribution in [0.2, 0.25) is 0 Å². The summed E-state index contributed by atoms with van der Waals surface area (Å²) in [4.78, 5) is 24.1. The fourth-order valence-corrected chi connectivity index (χ4v) is 4.66. The van der Waals surface area contributed by atoms with Crippen LogP contribution >= 0.6 is 22.0 Å². The van der Waals surface area contributed by atoms with Gasteiger partial charge in [0.1, 0.15) is 0 Å². The molecule has 2 aliphatic rings. The van der Waals surface area contributed by atoms with Crippen molar-refractivity contribution in [3.63, 3.8) is 0 Å². The summed E-state index contributed by atoms with van der Waals surface area (Å²) < 4.78 is 3.37. The van der Waals surface area contributed by atoms with E-state index in [1.807, 2.05) is 0 Å². The minimum Gasteiger partial charge on any atom is -0.320 e. The molecule has 2 rings (SSSR count). The highest BCUT2D eigenvalue weighted by Gasteiger charge is 2.28. The quantitative estimate of drug-likeness (QED) is 0.593. The lowest BCUT2D eigenvalue weighted by Gasteiger charge is -2.25. The number of hydrogen-bond acceptors (Lipinski definition) is 6. The van der Waals surface area contributed by atoms with Crippen molar-refractivity contribution < 1.29 is 9.59 Å². The van der Waals surface area contributed by atoms with Crippen molar-refractivity contribution in [1.29, 1.82) is 0 Å². The molecule has 2 atom stereocenters. The Kier molecular flexibility index (Phi) is 6.01. The van der Waals surface area contributed by atoms with Crippen LogP contribution in [0.25, 0.3) is 0 Å². The fourth-order valence-electron chi connectivity index (χ4n) is 2.31. The minimum atomic E-state index is -0.410. The Labute approximate surface area is 127 Å². The van der Waals surface area contributed by atoms with Gasteiger partial charge in [-0.2, -0.15) is 0 Å². The maximum atomic E-state index is 12.1. The van der Waals surface area contributed by atoms with Crippen molar-refractivity contribution in [2.24, 2.45) is 11.5 Å². The van der Waals surface area contributed by atoms with Crippen molar-refractivity contribution in [1.82, 2.24) is 8.61 Å². The third-order valence-corrected chi connectivity index (χ3v) is 6.02. The molecule has 2 aliphatic heterocycles. The molecular weight excluding hydrogens is 296 g/mol. The van der Waals surface area contributed by atoms with Gasteiger partial charge in [-0.05, 0) is 38.5 Å². The first-order valence-corrected chi connectivity index (χ1v) is 9.14. The molecular formula is C12H22N4O2S2. The van der Waals surface area contributed by atoms with Crippen molar-refractivity contribution >= 4 is 33.8 Å². The van der Waals surface area contributed by atoms with Gasteiger partial charge in [0.05, 0.1) is 12.1 Å².